The van der Waals surface area contributed by atoms with Crippen LogP contribution in [-0.4, -0.2) is 43.7 Å². The number of hydrogen-bond donors (Lipinski definition) is 0. The Morgan fingerprint density at radius 3 is 2.50 bits per heavy atom. The Hall–Kier alpha value is -1.40. The lowest BCUT2D eigenvalue weighted by atomic mass is 10.1. The van der Waals surface area contributed by atoms with Crippen molar-refractivity contribution in [3.63, 3.8) is 0 Å². The lowest BCUT2D eigenvalue weighted by molar-refractivity contribution is -0.195. The van der Waals surface area contributed by atoms with Crippen LogP contribution in [0.2, 0.25) is 0 Å². The number of hydrogen-bond acceptors (Lipinski definition) is 6. The Morgan fingerprint density at radius 1 is 1.22 bits per heavy atom. The van der Waals surface area contributed by atoms with Crippen molar-refractivity contribution in [3.8, 4) is 0 Å². The monoisotopic (exact) mass is 258 g/mol. The predicted octanol–water partition coefficient (Wildman–Crippen LogP) is 0.799. The molecule has 0 saturated carbocycles. The van der Waals surface area contributed by atoms with Gasteiger partial charge in [-0.05, 0) is 19.1 Å². The first-order valence-corrected chi connectivity index (χ1v) is 5.79. The molecule has 1 heterocycles. The minimum absolute atomic E-state index is 0.0151. The zero-order valence-corrected chi connectivity index (χ0v) is 10.8. The van der Waals surface area contributed by atoms with Crippen LogP contribution in [0.4, 0.5) is 0 Å². The minimum atomic E-state index is -0.571. The van der Waals surface area contributed by atoms with Gasteiger partial charge >= 0.3 is 11.9 Å². The molecule has 0 spiro atoms. The van der Waals surface area contributed by atoms with Crippen LogP contribution in [0.3, 0.4) is 0 Å². The molecule has 1 aliphatic rings. The van der Waals surface area contributed by atoms with Crippen LogP contribution in [0, 0.1) is 0 Å². The number of carbonyl (C=O) groups excluding carboxylic acids is 2. The van der Waals surface area contributed by atoms with Crippen molar-refractivity contribution in [3.05, 3.63) is 12.2 Å². The van der Waals surface area contributed by atoms with E-state index in [9.17, 15) is 9.59 Å². The van der Waals surface area contributed by atoms with Crippen molar-refractivity contribution in [2.24, 2.45) is 0 Å². The zero-order valence-electron chi connectivity index (χ0n) is 10.8. The van der Waals surface area contributed by atoms with Gasteiger partial charge in [0, 0.05) is 20.5 Å². The molecule has 102 valence electrons. The summed E-state index contributed by atoms with van der Waals surface area (Å²) in [5.74, 6) is -0.835. The van der Waals surface area contributed by atoms with E-state index in [1.807, 2.05) is 6.92 Å². The Bertz CT molecular complexity index is 325. The maximum Gasteiger partial charge on any atom is 0.303 e. The molecule has 0 aromatic rings. The van der Waals surface area contributed by atoms with Crippen molar-refractivity contribution in [1.82, 2.24) is 0 Å². The van der Waals surface area contributed by atoms with E-state index in [1.165, 1.54) is 13.8 Å². The van der Waals surface area contributed by atoms with E-state index < -0.39 is 30.4 Å². The van der Waals surface area contributed by atoms with Gasteiger partial charge in [-0.15, -0.1) is 0 Å². The van der Waals surface area contributed by atoms with Crippen LogP contribution in [0.25, 0.3) is 0 Å². The molecule has 0 aliphatic carbocycles. The van der Waals surface area contributed by atoms with Crippen LogP contribution < -0.4 is 0 Å². The fourth-order valence-electron chi connectivity index (χ4n) is 1.52. The van der Waals surface area contributed by atoms with Gasteiger partial charge in [0.05, 0.1) is 0 Å². The second-order valence-electron chi connectivity index (χ2n) is 3.76. The van der Waals surface area contributed by atoms with Crippen molar-refractivity contribution < 1.29 is 28.5 Å². The fourth-order valence-corrected chi connectivity index (χ4v) is 1.52. The minimum Gasteiger partial charge on any atom is -0.463 e. The molecule has 6 heteroatoms. The maximum atomic E-state index is 11.0. The highest BCUT2D eigenvalue weighted by atomic mass is 16.7. The average Bonchev–Trinajstić information content (AvgIpc) is 2.28. The summed E-state index contributed by atoms with van der Waals surface area (Å²) in [7, 11) is 0. The summed E-state index contributed by atoms with van der Waals surface area (Å²) in [6.45, 7) is 4.97. The summed E-state index contributed by atoms with van der Waals surface area (Å²) in [6, 6.07) is 0. The zero-order chi connectivity index (χ0) is 13.5. The van der Waals surface area contributed by atoms with E-state index in [-0.39, 0.29) is 6.61 Å². The third kappa shape index (κ3) is 4.85. The first-order valence-electron chi connectivity index (χ1n) is 5.79. The molecular weight excluding hydrogens is 240 g/mol. The molecule has 1 unspecified atom stereocenters. The van der Waals surface area contributed by atoms with Gasteiger partial charge in [-0.25, -0.2) is 0 Å². The summed E-state index contributed by atoms with van der Waals surface area (Å²) in [4.78, 5) is 21.7. The Balaban J connectivity index is 2.62. The first kappa shape index (κ1) is 14.7. The van der Waals surface area contributed by atoms with Gasteiger partial charge in [0.15, 0.2) is 6.29 Å². The molecule has 18 heavy (non-hydrogen) atoms. The molecule has 0 aromatic heterocycles. The van der Waals surface area contributed by atoms with Crippen molar-refractivity contribution in [1.29, 1.82) is 0 Å². The summed E-state index contributed by atoms with van der Waals surface area (Å²) in [5.41, 5.74) is 0. The summed E-state index contributed by atoms with van der Waals surface area (Å²) < 4.78 is 20.8. The number of carbonyl (C=O) groups is 2. The fraction of sp³-hybridized carbons (Fsp3) is 0.667. The molecule has 0 amide bonds. The van der Waals surface area contributed by atoms with Crippen LogP contribution in [0.15, 0.2) is 12.2 Å². The maximum absolute atomic E-state index is 11.0. The van der Waals surface area contributed by atoms with Gasteiger partial charge in [-0.1, -0.05) is 0 Å². The quantitative estimate of drug-likeness (QED) is 0.536. The molecule has 0 radical (unpaired) electrons. The largest absolute Gasteiger partial charge is 0.463 e. The number of rotatable bonds is 5. The Labute approximate surface area is 106 Å². The molecule has 0 bridgehead atoms. The number of esters is 2. The van der Waals surface area contributed by atoms with Crippen LogP contribution in [-0.2, 0) is 28.5 Å². The molecule has 3 atom stereocenters. The second-order valence-corrected chi connectivity index (χ2v) is 3.76. The first-order chi connectivity index (χ1) is 8.52. The van der Waals surface area contributed by atoms with Gasteiger partial charge in [0.1, 0.15) is 18.8 Å². The van der Waals surface area contributed by atoms with Crippen LogP contribution in [0.1, 0.15) is 20.8 Å². The number of ether oxygens (including phenoxy) is 4. The average molecular weight is 258 g/mol. The van der Waals surface area contributed by atoms with E-state index in [0.29, 0.717) is 6.61 Å². The van der Waals surface area contributed by atoms with Gasteiger partial charge in [-0.2, -0.15) is 0 Å². The molecule has 0 saturated heterocycles. The second kappa shape index (κ2) is 7.13. The van der Waals surface area contributed by atoms with E-state index in [0.717, 1.165) is 0 Å². The molecule has 6 nitrogen and oxygen atoms in total. The molecule has 0 aromatic carbocycles. The van der Waals surface area contributed by atoms with Gasteiger partial charge < -0.3 is 18.9 Å². The lowest BCUT2D eigenvalue weighted by Crippen LogP contribution is -2.42. The highest BCUT2D eigenvalue weighted by molar-refractivity contribution is 5.66. The summed E-state index contributed by atoms with van der Waals surface area (Å²) >= 11 is 0. The lowest BCUT2D eigenvalue weighted by Gasteiger charge is -2.31. The van der Waals surface area contributed by atoms with Crippen LogP contribution >= 0.6 is 0 Å². The van der Waals surface area contributed by atoms with Gasteiger partial charge in [0.25, 0.3) is 0 Å². The third-order valence-corrected chi connectivity index (χ3v) is 2.22. The van der Waals surface area contributed by atoms with E-state index in [2.05, 4.69) is 0 Å². The van der Waals surface area contributed by atoms with Gasteiger partial charge in [-0.3, -0.25) is 9.59 Å². The normalized spacial score (nSPS) is 26.7. The van der Waals surface area contributed by atoms with Crippen molar-refractivity contribution in [2.45, 2.75) is 39.3 Å². The molecule has 0 fully saturated rings. The molecule has 0 N–H and O–H groups in total. The van der Waals surface area contributed by atoms with E-state index in [4.69, 9.17) is 18.9 Å². The SMILES string of the molecule is CCOC1C=C[C@@H](OC(C)=O)[C@@H](COC(C)=O)O1. The molecule has 1 aliphatic heterocycles. The van der Waals surface area contributed by atoms with Gasteiger partial charge in [0.2, 0.25) is 0 Å². The van der Waals surface area contributed by atoms with Crippen molar-refractivity contribution >= 4 is 11.9 Å². The standard InChI is InChI=1S/C12H18O6/c1-4-15-12-6-5-10(17-9(3)14)11(18-12)7-16-8(2)13/h5-6,10-12H,4,7H2,1-3H3/t10-,11-,12?/m1/s1. The summed E-state index contributed by atoms with van der Waals surface area (Å²) in [5, 5.41) is 0. The molecular formula is C12H18O6. The topological polar surface area (TPSA) is 71.1 Å². The van der Waals surface area contributed by atoms with E-state index in [1.54, 1.807) is 12.2 Å². The van der Waals surface area contributed by atoms with Crippen molar-refractivity contribution in [2.75, 3.05) is 13.2 Å². The summed E-state index contributed by atoms with van der Waals surface area (Å²) in [6.07, 6.45) is 1.71. The molecule has 1 rings (SSSR count). The van der Waals surface area contributed by atoms with Crippen LogP contribution in [0.5, 0.6) is 0 Å². The highest BCUT2D eigenvalue weighted by Gasteiger charge is 2.30. The highest BCUT2D eigenvalue weighted by Crippen LogP contribution is 2.17. The third-order valence-electron chi connectivity index (χ3n) is 2.22. The Kier molecular flexibility index (Phi) is 5.80. The smallest absolute Gasteiger partial charge is 0.303 e. The predicted molar refractivity (Wildman–Crippen MR) is 61.6 cm³/mol. The Morgan fingerprint density at radius 2 is 1.94 bits per heavy atom. The van der Waals surface area contributed by atoms with E-state index >= 15 is 0 Å².